The maximum Gasteiger partial charge on any atom is 0.251 e. The van der Waals surface area contributed by atoms with Crippen LogP contribution in [0.25, 0.3) is 0 Å². The van der Waals surface area contributed by atoms with E-state index in [-0.39, 0.29) is 36.0 Å². The molecule has 146 valence electrons. The van der Waals surface area contributed by atoms with Gasteiger partial charge in [0, 0.05) is 36.8 Å². The second-order valence-corrected chi connectivity index (χ2v) is 8.23. The molecule has 0 aliphatic carbocycles. The van der Waals surface area contributed by atoms with Crippen molar-refractivity contribution in [2.45, 2.75) is 39.0 Å². The van der Waals surface area contributed by atoms with E-state index in [1.165, 1.54) is 5.56 Å². The number of rotatable bonds is 5. The number of likely N-dealkylation sites (N-methyl/N-ethyl adjacent to an activating group) is 1. The number of anilines is 1. The molecule has 1 heterocycles. The Hall–Kier alpha value is -2.95. The molecular weight excluding hydrogens is 352 g/mol. The zero-order chi connectivity index (χ0) is 20.5. The van der Waals surface area contributed by atoms with Crippen LogP contribution in [0.3, 0.4) is 0 Å². The van der Waals surface area contributed by atoms with Gasteiger partial charge in [-0.15, -0.1) is 0 Å². The molecule has 0 saturated heterocycles. The van der Waals surface area contributed by atoms with Crippen molar-refractivity contribution in [2.24, 2.45) is 0 Å². The fourth-order valence-corrected chi connectivity index (χ4v) is 3.30. The van der Waals surface area contributed by atoms with Gasteiger partial charge >= 0.3 is 0 Å². The molecule has 0 atom stereocenters. The van der Waals surface area contributed by atoms with Crippen LogP contribution in [-0.4, -0.2) is 31.2 Å². The Morgan fingerprint density at radius 1 is 1.04 bits per heavy atom. The molecule has 0 bridgehead atoms. The van der Waals surface area contributed by atoms with Crippen molar-refractivity contribution in [1.29, 1.82) is 0 Å². The molecule has 1 aliphatic rings. The van der Waals surface area contributed by atoms with Crippen molar-refractivity contribution in [3.8, 4) is 0 Å². The van der Waals surface area contributed by atoms with Crippen LogP contribution in [0.4, 0.5) is 5.69 Å². The van der Waals surface area contributed by atoms with Gasteiger partial charge in [-0.3, -0.25) is 14.4 Å². The summed E-state index contributed by atoms with van der Waals surface area (Å²) >= 11 is 0. The van der Waals surface area contributed by atoms with Crippen molar-refractivity contribution < 1.29 is 14.4 Å². The summed E-state index contributed by atoms with van der Waals surface area (Å²) in [7, 11) is 1.74. The summed E-state index contributed by atoms with van der Waals surface area (Å²) in [5, 5.41) is 2.80. The highest BCUT2D eigenvalue weighted by molar-refractivity contribution is 6.03. The Kier molecular flexibility index (Phi) is 5.36. The Bertz CT molecular complexity index is 924. The molecule has 0 unspecified atom stereocenters. The van der Waals surface area contributed by atoms with Crippen molar-refractivity contribution >= 4 is 23.3 Å². The van der Waals surface area contributed by atoms with Gasteiger partial charge in [0.1, 0.15) is 0 Å². The summed E-state index contributed by atoms with van der Waals surface area (Å²) in [5.41, 5.74) is 4.09. The van der Waals surface area contributed by atoms with Crippen LogP contribution in [0, 0.1) is 0 Å². The number of ketones is 1. The highest BCUT2D eigenvalue weighted by Gasteiger charge is 2.24. The van der Waals surface area contributed by atoms with E-state index in [0.29, 0.717) is 17.5 Å². The molecule has 1 N–H and O–H groups in total. The van der Waals surface area contributed by atoms with Gasteiger partial charge in [0.15, 0.2) is 5.78 Å². The van der Waals surface area contributed by atoms with E-state index in [2.05, 4.69) is 26.1 Å². The average Bonchev–Trinajstić information content (AvgIpc) is 2.94. The van der Waals surface area contributed by atoms with Gasteiger partial charge in [-0.25, -0.2) is 0 Å². The molecule has 0 spiro atoms. The fourth-order valence-electron chi connectivity index (χ4n) is 3.30. The van der Waals surface area contributed by atoms with Crippen LogP contribution in [0.1, 0.15) is 59.0 Å². The van der Waals surface area contributed by atoms with Crippen LogP contribution < -0.4 is 10.2 Å². The van der Waals surface area contributed by atoms with Gasteiger partial charge in [-0.1, -0.05) is 32.9 Å². The predicted octanol–water partition coefficient (Wildman–Crippen LogP) is 3.51. The third-order valence-electron chi connectivity index (χ3n) is 5.13. The molecule has 0 radical (unpaired) electrons. The van der Waals surface area contributed by atoms with Crippen LogP contribution in [-0.2, 0) is 16.6 Å². The van der Waals surface area contributed by atoms with Crippen molar-refractivity contribution in [3.63, 3.8) is 0 Å². The van der Waals surface area contributed by atoms with E-state index in [4.69, 9.17) is 0 Å². The molecule has 2 amide bonds. The molecule has 3 rings (SSSR count). The molecule has 5 nitrogen and oxygen atoms in total. The number of carbonyl (C=O) groups excluding carboxylic acids is 3. The minimum absolute atomic E-state index is 0.0318. The van der Waals surface area contributed by atoms with E-state index < -0.39 is 0 Å². The van der Waals surface area contributed by atoms with Gasteiger partial charge in [-0.2, -0.15) is 0 Å². The minimum Gasteiger partial charge on any atom is -0.352 e. The smallest absolute Gasteiger partial charge is 0.251 e. The maximum atomic E-state index is 12.4. The summed E-state index contributed by atoms with van der Waals surface area (Å²) in [4.78, 5) is 38.1. The van der Waals surface area contributed by atoms with Crippen LogP contribution in [0.5, 0.6) is 0 Å². The van der Waals surface area contributed by atoms with E-state index in [9.17, 15) is 14.4 Å². The van der Waals surface area contributed by atoms with E-state index in [0.717, 1.165) is 11.3 Å². The molecule has 0 fully saturated rings. The number of carbonyl (C=O) groups is 3. The lowest BCUT2D eigenvalue weighted by atomic mass is 9.87. The second-order valence-electron chi connectivity index (χ2n) is 8.23. The summed E-state index contributed by atoms with van der Waals surface area (Å²) in [6.45, 7) is 6.65. The van der Waals surface area contributed by atoms with Crippen LogP contribution in [0.15, 0.2) is 42.5 Å². The number of Topliss-reactive ketones (excluding diaryl/α,β-unsaturated/α-hetero) is 1. The van der Waals surface area contributed by atoms with Crippen molar-refractivity contribution in [3.05, 3.63) is 64.7 Å². The minimum atomic E-state index is -0.186. The quantitative estimate of drug-likeness (QED) is 0.810. The SMILES string of the molecule is CN1C(=O)Cc2cc(C(=O)CCNC(=O)c3ccc(C(C)(C)C)cc3)ccc21. The lowest BCUT2D eigenvalue weighted by Crippen LogP contribution is -2.26. The third-order valence-corrected chi connectivity index (χ3v) is 5.13. The zero-order valence-electron chi connectivity index (χ0n) is 16.8. The number of nitrogens with zero attached hydrogens (tertiary/aromatic N) is 1. The zero-order valence-corrected chi connectivity index (χ0v) is 16.8. The van der Waals surface area contributed by atoms with Crippen molar-refractivity contribution in [1.82, 2.24) is 5.32 Å². The molecule has 2 aromatic carbocycles. The third kappa shape index (κ3) is 4.14. The summed E-state index contributed by atoms with van der Waals surface area (Å²) in [6.07, 6.45) is 0.544. The first-order valence-electron chi connectivity index (χ1n) is 9.48. The van der Waals surface area contributed by atoms with Gasteiger partial charge in [0.2, 0.25) is 5.91 Å². The average molecular weight is 378 g/mol. The molecule has 2 aromatic rings. The summed E-state index contributed by atoms with van der Waals surface area (Å²) in [5.74, 6) is -0.202. The number of hydrogen-bond acceptors (Lipinski definition) is 3. The monoisotopic (exact) mass is 378 g/mol. The van der Waals surface area contributed by atoms with Gasteiger partial charge in [0.05, 0.1) is 6.42 Å². The molecule has 0 aromatic heterocycles. The normalized spacial score (nSPS) is 13.4. The molecular formula is C23H26N2O3. The first-order valence-corrected chi connectivity index (χ1v) is 9.48. The molecule has 0 saturated carbocycles. The van der Waals surface area contributed by atoms with Gasteiger partial charge in [-0.05, 0) is 46.9 Å². The second kappa shape index (κ2) is 7.58. The number of amides is 2. The van der Waals surface area contributed by atoms with Gasteiger partial charge < -0.3 is 10.2 Å². The standard InChI is InChI=1S/C23H26N2O3/c1-23(2,3)18-8-5-15(6-9-18)22(28)24-12-11-20(26)16-7-10-19-17(13-16)14-21(27)25(19)4/h5-10,13H,11-12,14H2,1-4H3,(H,24,28). The first-order chi connectivity index (χ1) is 13.2. The van der Waals surface area contributed by atoms with Gasteiger partial charge in [0.25, 0.3) is 5.91 Å². The fraction of sp³-hybridized carbons (Fsp3) is 0.348. The number of benzene rings is 2. The summed E-state index contributed by atoms with van der Waals surface area (Å²) < 4.78 is 0. The first kappa shape index (κ1) is 19.8. The summed E-state index contributed by atoms with van der Waals surface area (Å²) in [6, 6.07) is 12.9. The Morgan fingerprint density at radius 3 is 2.32 bits per heavy atom. The highest BCUT2D eigenvalue weighted by Crippen LogP contribution is 2.28. The van der Waals surface area contributed by atoms with E-state index >= 15 is 0 Å². The number of hydrogen-bond donors (Lipinski definition) is 1. The largest absolute Gasteiger partial charge is 0.352 e. The lowest BCUT2D eigenvalue weighted by molar-refractivity contribution is -0.117. The van der Waals surface area contributed by atoms with Crippen molar-refractivity contribution in [2.75, 3.05) is 18.5 Å². The van der Waals surface area contributed by atoms with E-state index in [1.54, 1.807) is 24.1 Å². The molecule has 1 aliphatic heterocycles. The van der Waals surface area contributed by atoms with Crippen LogP contribution >= 0.6 is 0 Å². The molecule has 5 heteroatoms. The number of fused-ring (bicyclic) bond motifs is 1. The molecule has 28 heavy (non-hydrogen) atoms. The topological polar surface area (TPSA) is 66.5 Å². The van der Waals surface area contributed by atoms with Crippen LogP contribution in [0.2, 0.25) is 0 Å². The maximum absolute atomic E-state index is 12.4. The highest BCUT2D eigenvalue weighted by atomic mass is 16.2. The predicted molar refractivity (Wildman–Crippen MR) is 110 cm³/mol. The van der Waals surface area contributed by atoms with E-state index in [1.807, 2.05) is 30.3 Å². The number of nitrogens with one attached hydrogen (secondary N) is 1. The Labute approximate surface area is 165 Å². The Balaban J connectivity index is 1.55. The lowest BCUT2D eigenvalue weighted by Gasteiger charge is -2.19. The Morgan fingerprint density at radius 2 is 1.68 bits per heavy atom.